The molecule has 7 rings (SSSR count). The van der Waals surface area contributed by atoms with E-state index in [1.54, 1.807) is 0 Å². The Morgan fingerprint density at radius 1 is 0.850 bits per heavy atom. The molecular weight excluding hydrogens is 1030 g/mol. The lowest BCUT2D eigenvalue weighted by atomic mass is 9.80. The van der Waals surface area contributed by atoms with E-state index in [0.29, 0.717) is 73.5 Å². The molecule has 80 heavy (non-hydrogen) atoms. The van der Waals surface area contributed by atoms with E-state index in [2.05, 4.69) is 151 Å². The number of fused-ring (bicyclic) bond motifs is 2. The highest BCUT2D eigenvalue weighted by Gasteiger charge is 2.47. The molecule has 2 aromatic carbocycles. The van der Waals surface area contributed by atoms with Crippen LogP contribution < -0.4 is 31.9 Å². The van der Waals surface area contributed by atoms with Crippen molar-refractivity contribution in [2.24, 2.45) is 22.7 Å². The van der Waals surface area contributed by atoms with Crippen molar-refractivity contribution in [1.29, 1.82) is 0 Å². The fourth-order valence-corrected chi connectivity index (χ4v) is 13.7. The SMILES string of the molecule is CC[C@H](C)[C@H]1CN[C@@H](C)C(C)NCC2[C@H](C)CN2[C@@H](C2CCCC2)C(C)NC2(CCCC2)CNCCN=CC=C(CCc2ccc(C(F)(F)F)c(Cl)c2)NC=CN(C)C=C(Cc2ccc(C)cc2)N(C)C=C2CCCN2CC(C)N1. The smallest absolute Gasteiger partial charge is 0.372 e. The van der Waals surface area contributed by atoms with Gasteiger partial charge >= 0.3 is 6.18 Å². The van der Waals surface area contributed by atoms with E-state index in [4.69, 9.17) is 16.6 Å². The average molecular weight is 1130 g/mol. The maximum Gasteiger partial charge on any atom is 0.417 e. The lowest BCUT2D eigenvalue weighted by Gasteiger charge is -2.55. The van der Waals surface area contributed by atoms with E-state index >= 15 is 0 Å². The van der Waals surface area contributed by atoms with Gasteiger partial charge in [-0.05, 0) is 133 Å². The van der Waals surface area contributed by atoms with Crippen molar-refractivity contribution in [1.82, 2.24) is 51.5 Å². The summed E-state index contributed by atoms with van der Waals surface area (Å²) in [5, 5.41) is 23.6. The lowest BCUT2D eigenvalue weighted by molar-refractivity contribution is -0.137. The third-order valence-corrected chi connectivity index (χ3v) is 18.9. The Bertz CT molecular complexity index is 2360. The van der Waals surface area contributed by atoms with Gasteiger partial charge in [0.05, 0.1) is 17.1 Å². The second kappa shape index (κ2) is 30.6. The number of alkyl halides is 3. The molecule has 0 amide bonds. The third kappa shape index (κ3) is 18.6. The number of nitrogens with one attached hydrogen (secondary N) is 6. The Morgan fingerprint density at radius 2 is 1.56 bits per heavy atom. The van der Waals surface area contributed by atoms with Crippen LogP contribution in [0.15, 0.2) is 95.4 Å². The first-order valence-electron chi connectivity index (χ1n) is 30.9. The maximum atomic E-state index is 13.6. The van der Waals surface area contributed by atoms with E-state index in [9.17, 15) is 13.2 Å². The summed E-state index contributed by atoms with van der Waals surface area (Å²) in [7, 11) is 4.21. The van der Waals surface area contributed by atoms with Crippen molar-refractivity contribution >= 4 is 17.8 Å². The molecule has 446 valence electrons. The summed E-state index contributed by atoms with van der Waals surface area (Å²) in [6.45, 7) is 26.3. The third-order valence-electron chi connectivity index (χ3n) is 18.6. The molecule has 9 atom stereocenters. The zero-order valence-electron chi connectivity index (χ0n) is 50.6. The minimum atomic E-state index is -4.51. The van der Waals surface area contributed by atoms with Crippen LogP contribution in [0.3, 0.4) is 0 Å². The first-order valence-corrected chi connectivity index (χ1v) is 31.3. The van der Waals surface area contributed by atoms with Gasteiger partial charge in [0.25, 0.3) is 0 Å². The molecule has 0 radical (unpaired) electrons. The zero-order chi connectivity index (χ0) is 57.4. The lowest BCUT2D eigenvalue weighted by Crippen LogP contribution is -2.70. The van der Waals surface area contributed by atoms with Crippen molar-refractivity contribution in [3.8, 4) is 0 Å². The molecule has 11 nitrogen and oxygen atoms in total. The van der Waals surface area contributed by atoms with Crippen LogP contribution in [0, 0.1) is 24.7 Å². The van der Waals surface area contributed by atoms with Crippen LogP contribution in [0.4, 0.5) is 13.2 Å². The largest absolute Gasteiger partial charge is 0.417 e. The summed E-state index contributed by atoms with van der Waals surface area (Å²) >= 11 is 6.17. The summed E-state index contributed by atoms with van der Waals surface area (Å²) in [6.07, 6.45) is 23.1. The molecule has 4 fully saturated rings. The number of halogens is 4. The highest BCUT2D eigenvalue weighted by atomic mass is 35.5. The first-order chi connectivity index (χ1) is 38.3. The van der Waals surface area contributed by atoms with Crippen molar-refractivity contribution in [3.05, 3.63) is 118 Å². The molecule has 4 unspecified atom stereocenters. The second-order valence-electron chi connectivity index (χ2n) is 25.1. The standard InChI is InChI=1S/C65H103ClF3N11/c1-11-47(3)61-39-73-50(6)51(7)74-40-62-48(4)41-80(62)63(55-17-12-13-18-55)52(8)76-64(29-14-15-30-64)45-71-33-32-70-31-28-56(26-24-54-25-27-59(60(66)38-54)65(67,68)69)72-34-36-77(9)43-58(37-53-22-20-46(2)21-23-53)78(10)44-57-19-16-35-79(57)42-49(5)75-61/h20-23,25,27-28,31,34,36,38,43-44,47-52,55,61-63,71-76H,11-19,24,26,29-30,32-33,35,37,39-42,45H2,1-10H3/t47-,48+,49?,50-,51?,52?,61+,62?,63+/m0/s1. The fourth-order valence-electron chi connectivity index (χ4n) is 13.4. The molecule has 5 aliphatic rings. The van der Waals surface area contributed by atoms with E-state index < -0.39 is 11.7 Å². The Hall–Kier alpha value is -3.89. The van der Waals surface area contributed by atoms with Crippen LogP contribution in [0.1, 0.15) is 148 Å². The second-order valence-corrected chi connectivity index (χ2v) is 25.5. The molecule has 0 bridgehead atoms. The molecule has 2 saturated heterocycles. The molecule has 2 aliphatic carbocycles. The number of hydrogen-bond acceptors (Lipinski definition) is 11. The maximum absolute atomic E-state index is 13.6. The van der Waals surface area contributed by atoms with Crippen molar-refractivity contribution in [2.45, 2.75) is 199 Å². The van der Waals surface area contributed by atoms with Gasteiger partial charge in [-0.1, -0.05) is 100 Å². The highest BCUT2D eigenvalue weighted by molar-refractivity contribution is 6.31. The van der Waals surface area contributed by atoms with E-state index in [0.717, 1.165) is 93.9 Å². The summed E-state index contributed by atoms with van der Waals surface area (Å²) in [5.41, 5.74) is 5.85. The van der Waals surface area contributed by atoms with Gasteiger partial charge in [-0.25, -0.2) is 0 Å². The molecule has 1 spiro atoms. The van der Waals surface area contributed by atoms with Gasteiger partial charge in [0.2, 0.25) is 0 Å². The number of nitrogens with zero attached hydrogens (tertiary/aromatic N) is 5. The number of rotatable bonds is 8. The Labute approximate surface area is 486 Å². The van der Waals surface area contributed by atoms with Crippen LogP contribution in [-0.4, -0.2) is 140 Å². The van der Waals surface area contributed by atoms with Crippen LogP contribution in [0.5, 0.6) is 0 Å². The number of hydrogen-bond donors (Lipinski definition) is 6. The molecule has 6 N–H and O–H groups in total. The molecule has 0 aromatic heterocycles. The van der Waals surface area contributed by atoms with Gasteiger partial charge in [-0.3, -0.25) is 9.89 Å². The molecule has 2 aromatic rings. The van der Waals surface area contributed by atoms with Crippen LogP contribution in [0.2, 0.25) is 5.02 Å². The number of benzene rings is 2. The monoisotopic (exact) mass is 1130 g/mol. The predicted molar refractivity (Wildman–Crippen MR) is 329 cm³/mol. The van der Waals surface area contributed by atoms with E-state index in [-0.39, 0.29) is 10.6 Å². The number of likely N-dealkylation sites (N-methyl/N-ethyl adjacent to an activating group) is 1. The summed E-state index contributed by atoms with van der Waals surface area (Å²) in [4.78, 5) is 14.7. The average Bonchev–Trinajstić information content (AvgIpc) is 4.33. The summed E-state index contributed by atoms with van der Waals surface area (Å²) < 4.78 is 40.8. The van der Waals surface area contributed by atoms with Crippen LogP contribution in [0.25, 0.3) is 0 Å². The summed E-state index contributed by atoms with van der Waals surface area (Å²) in [6, 6.07) is 15.6. The Balaban J connectivity index is 1.14. The number of allylic oxidation sites excluding steroid dienone is 4. The molecular formula is C65H103ClF3N11. The fraction of sp³-hybridized carbons (Fsp3) is 0.677. The minimum Gasteiger partial charge on any atom is -0.372 e. The van der Waals surface area contributed by atoms with Crippen LogP contribution >= 0.6 is 11.6 Å². The molecule has 2 saturated carbocycles. The molecule has 3 aliphatic heterocycles. The van der Waals surface area contributed by atoms with Gasteiger partial charge < -0.3 is 46.6 Å². The van der Waals surface area contributed by atoms with Gasteiger partial charge in [-0.15, -0.1) is 0 Å². The Kier molecular flexibility index (Phi) is 24.4. The van der Waals surface area contributed by atoms with Gasteiger partial charge in [0.1, 0.15) is 0 Å². The van der Waals surface area contributed by atoms with E-state index in [1.165, 1.54) is 86.9 Å². The number of aryl methyl sites for hydroxylation is 2. The van der Waals surface area contributed by atoms with Crippen molar-refractivity contribution < 1.29 is 13.2 Å². The molecule has 15 heteroatoms. The highest BCUT2D eigenvalue weighted by Crippen LogP contribution is 2.40. The van der Waals surface area contributed by atoms with E-state index in [1.807, 2.05) is 31.7 Å². The summed E-state index contributed by atoms with van der Waals surface area (Å²) in [5.74, 6) is 1.92. The molecule has 3 heterocycles. The first kappa shape index (κ1) is 63.7. The van der Waals surface area contributed by atoms with Crippen molar-refractivity contribution in [3.63, 3.8) is 0 Å². The number of aliphatic imine (C=N–C) groups is 1. The van der Waals surface area contributed by atoms with Crippen molar-refractivity contribution in [2.75, 3.05) is 66.5 Å². The predicted octanol–water partition coefficient (Wildman–Crippen LogP) is 11.6. The van der Waals surface area contributed by atoms with Gasteiger partial charge in [-0.2, -0.15) is 13.2 Å². The Morgan fingerprint density at radius 3 is 2.25 bits per heavy atom. The van der Waals surface area contributed by atoms with Gasteiger partial charge in [0.15, 0.2) is 0 Å². The quantitative estimate of drug-likeness (QED) is 0.153. The zero-order valence-corrected chi connectivity index (χ0v) is 51.3. The minimum absolute atomic E-state index is 0.0636. The normalized spacial score (nSPS) is 28.8. The van der Waals surface area contributed by atoms with Gasteiger partial charge in [0, 0.05) is 162 Å². The van der Waals surface area contributed by atoms with Crippen LogP contribution in [-0.2, 0) is 19.0 Å². The topological polar surface area (TPSA) is 97.5 Å².